The fourth-order valence-corrected chi connectivity index (χ4v) is 2.13. The second-order valence-electron chi connectivity index (χ2n) is 5.03. The summed E-state index contributed by atoms with van der Waals surface area (Å²) in [5.41, 5.74) is 9.45. The van der Waals surface area contributed by atoms with Gasteiger partial charge in [0.25, 0.3) is 0 Å². The van der Waals surface area contributed by atoms with E-state index in [1.165, 1.54) is 0 Å². The van der Waals surface area contributed by atoms with Crippen molar-refractivity contribution in [2.75, 3.05) is 7.11 Å². The quantitative estimate of drug-likeness (QED) is 0.664. The minimum Gasteiger partial charge on any atom is -0.497 e. The second kappa shape index (κ2) is 5.87. The Morgan fingerprint density at radius 3 is 2.33 bits per heavy atom. The van der Waals surface area contributed by atoms with Gasteiger partial charge in [0.15, 0.2) is 0 Å². The lowest BCUT2D eigenvalue weighted by molar-refractivity contribution is 0.408. The number of nitrogens with two attached hydrogens (primary N) is 1. The van der Waals surface area contributed by atoms with Crippen molar-refractivity contribution < 1.29 is 9.47 Å². The van der Waals surface area contributed by atoms with Gasteiger partial charge in [-0.1, -0.05) is 12.1 Å². The lowest BCUT2D eigenvalue weighted by Crippen LogP contribution is -2.12. The highest BCUT2D eigenvalue weighted by Gasteiger charge is 2.13. The number of amidine groups is 1. The maximum absolute atomic E-state index is 7.68. The summed E-state index contributed by atoms with van der Waals surface area (Å²) >= 11 is 0. The maximum Gasteiger partial charge on any atom is 0.142 e. The number of nitrogens with one attached hydrogen (secondary N) is 1. The van der Waals surface area contributed by atoms with Crippen LogP contribution in [0.5, 0.6) is 17.2 Å². The highest BCUT2D eigenvalue weighted by molar-refractivity contribution is 5.98. The third kappa shape index (κ3) is 2.99. The molecule has 0 aliphatic heterocycles. The molecule has 21 heavy (non-hydrogen) atoms. The molecule has 0 amide bonds. The monoisotopic (exact) mass is 284 g/mol. The van der Waals surface area contributed by atoms with Gasteiger partial charge in [-0.25, -0.2) is 0 Å². The van der Waals surface area contributed by atoms with Crippen molar-refractivity contribution in [3.63, 3.8) is 0 Å². The molecule has 0 unspecified atom stereocenters. The van der Waals surface area contributed by atoms with Gasteiger partial charge in [-0.2, -0.15) is 0 Å². The third-order valence-electron chi connectivity index (χ3n) is 3.56. The third-order valence-corrected chi connectivity index (χ3v) is 3.56. The van der Waals surface area contributed by atoms with Crippen molar-refractivity contribution in [1.82, 2.24) is 0 Å². The van der Waals surface area contributed by atoms with Crippen LogP contribution in [0, 0.1) is 26.2 Å². The Bertz CT molecular complexity index is 693. The largest absolute Gasteiger partial charge is 0.497 e. The van der Waals surface area contributed by atoms with Crippen LogP contribution in [0.15, 0.2) is 30.3 Å². The van der Waals surface area contributed by atoms with E-state index in [0.29, 0.717) is 17.1 Å². The van der Waals surface area contributed by atoms with Gasteiger partial charge in [0.05, 0.1) is 12.7 Å². The molecule has 3 N–H and O–H groups in total. The van der Waals surface area contributed by atoms with Crippen molar-refractivity contribution in [1.29, 1.82) is 5.41 Å². The van der Waals surface area contributed by atoms with Gasteiger partial charge >= 0.3 is 0 Å². The molecule has 2 aromatic carbocycles. The Morgan fingerprint density at radius 1 is 1.05 bits per heavy atom. The summed E-state index contributed by atoms with van der Waals surface area (Å²) in [5.74, 6) is 1.96. The first-order valence-corrected chi connectivity index (χ1v) is 6.71. The summed E-state index contributed by atoms with van der Waals surface area (Å²) in [6.07, 6.45) is 0. The van der Waals surface area contributed by atoms with Gasteiger partial charge in [0.2, 0.25) is 0 Å². The van der Waals surface area contributed by atoms with E-state index in [4.69, 9.17) is 20.6 Å². The smallest absolute Gasteiger partial charge is 0.142 e. The molecular weight excluding hydrogens is 264 g/mol. The van der Waals surface area contributed by atoms with Crippen molar-refractivity contribution in [2.24, 2.45) is 5.73 Å². The molecule has 0 fully saturated rings. The van der Waals surface area contributed by atoms with E-state index in [2.05, 4.69) is 6.07 Å². The summed E-state index contributed by atoms with van der Waals surface area (Å²) in [7, 11) is 1.59. The molecule has 0 aliphatic rings. The minimum atomic E-state index is -0.0318. The number of rotatable bonds is 4. The Hall–Kier alpha value is -2.49. The predicted molar refractivity (Wildman–Crippen MR) is 84.7 cm³/mol. The van der Waals surface area contributed by atoms with E-state index in [-0.39, 0.29) is 5.84 Å². The number of hydrogen-bond donors (Lipinski definition) is 2. The van der Waals surface area contributed by atoms with Gasteiger partial charge in [0, 0.05) is 6.07 Å². The van der Waals surface area contributed by atoms with E-state index >= 15 is 0 Å². The number of aryl methyl sites for hydroxylation is 2. The lowest BCUT2D eigenvalue weighted by atomic mass is 10.1. The molecule has 0 heterocycles. The van der Waals surface area contributed by atoms with Crippen LogP contribution < -0.4 is 15.2 Å². The summed E-state index contributed by atoms with van der Waals surface area (Å²) in [6, 6.07) is 9.33. The van der Waals surface area contributed by atoms with Crippen LogP contribution in [0.4, 0.5) is 0 Å². The van der Waals surface area contributed by atoms with Crippen molar-refractivity contribution in [2.45, 2.75) is 20.8 Å². The van der Waals surface area contributed by atoms with E-state index in [1.807, 2.05) is 26.8 Å². The Kier molecular flexibility index (Phi) is 4.17. The zero-order valence-electron chi connectivity index (χ0n) is 12.8. The van der Waals surface area contributed by atoms with E-state index in [1.54, 1.807) is 25.3 Å². The number of nitrogen functional groups attached to an aromatic ring is 1. The van der Waals surface area contributed by atoms with Crippen LogP contribution >= 0.6 is 0 Å². The fourth-order valence-electron chi connectivity index (χ4n) is 2.13. The Labute approximate surface area is 125 Å². The lowest BCUT2D eigenvalue weighted by Gasteiger charge is -2.16. The van der Waals surface area contributed by atoms with Crippen LogP contribution in [-0.4, -0.2) is 12.9 Å². The van der Waals surface area contributed by atoms with Crippen molar-refractivity contribution in [3.8, 4) is 17.2 Å². The molecule has 2 rings (SSSR count). The van der Waals surface area contributed by atoms with Gasteiger partial charge < -0.3 is 15.2 Å². The van der Waals surface area contributed by atoms with E-state index in [9.17, 15) is 0 Å². The summed E-state index contributed by atoms with van der Waals surface area (Å²) in [6.45, 7) is 6.06. The van der Waals surface area contributed by atoms with Crippen LogP contribution in [-0.2, 0) is 0 Å². The van der Waals surface area contributed by atoms with Gasteiger partial charge in [-0.05, 0) is 49.6 Å². The number of benzene rings is 2. The SMILES string of the molecule is COc1ccc(C(=N)N)c(Oc2c(C)ccc(C)c2C)c1. The molecule has 4 nitrogen and oxygen atoms in total. The number of methoxy groups -OCH3 is 1. The van der Waals surface area contributed by atoms with E-state index < -0.39 is 0 Å². The van der Waals surface area contributed by atoms with Crippen LogP contribution in [0.25, 0.3) is 0 Å². The molecule has 4 heteroatoms. The molecule has 0 saturated heterocycles. The van der Waals surface area contributed by atoms with E-state index in [0.717, 1.165) is 22.4 Å². The van der Waals surface area contributed by atoms with Gasteiger partial charge in [-0.15, -0.1) is 0 Å². The molecule has 0 aromatic heterocycles. The molecule has 0 bridgehead atoms. The minimum absolute atomic E-state index is 0.0318. The summed E-state index contributed by atoms with van der Waals surface area (Å²) in [4.78, 5) is 0. The number of hydrogen-bond acceptors (Lipinski definition) is 3. The first-order chi connectivity index (χ1) is 9.93. The first kappa shape index (κ1) is 14.9. The average Bonchev–Trinajstić information content (AvgIpc) is 2.47. The Balaban J connectivity index is 2.53. The molecule has 0 radical (unpaired) electrons. The van der Waals surface area contributed by atoms with Crippen molar-refractivity contribution >= 4 is 5.84 Å². The molecule has 0 spiro atoms. The summed E-state index contributed by atoms with van der Waals surface area (Å²) < 4.78 is 11.3. The topological polar surface area (TPSA) is 68.3 Å². The fraction of sp³-hybridized carbons (Fsp3) is 0.235. The standard InChI is InChI=1S/C17H20N2O2/c1-10-5-6-11(2)16(12(10)3)21-15-9-13(20-4)7-8-14(15)17(18)19/h5-9H,1-4H3,(H3,18,19). The predicted octanol–water partition coefficient (Wildman–Crippen LogP) is 3.70. The van der Waals surface area contributed by atoms with Crippen LogP contribution in [0.2, 0.25) is 0 Å². The van der Waals surface area contributed by atoms with Crippen molar-refractivity contribution in [3.05, 3.63) is 52.6 Å². The molecule has 2 aromatic rings. The van der Waals surface area contributed by atoms with Crippen LogP contribution in [0.1, 0.15) is 22.3 Å². The average molecular weight is 284 g/mol. The Morgan fingerprint density at radius 2 is 1.71 bits per heavy atom. The summed E-state index contributed by atoms with van der Waals surface area (Å²) in [5, 5.41) is 7.68. The highest BCUT2D eigenvalue weighted by atomic mass is 16.5. The molecule has 0 saturated carbocycles. The second-order valence-corrected chi connectivity index (χ2v) is 5.03. The molecular formula is C17H20N2O2. The molecule has 110 valence electrons. The molecule has 0 aliphatic carbocycles. The normalized spacial score (nSPS) is 10.3. The van der Waals surface area contributed by atoms with Gasteiger partial charge in [0.1, 0.15) is 23.1 Å². The van der Waals surface area contributed by atoms with Crippen LogP contribution in [0.3, 0.4) is 0 Å². The zero-order chi connectivity index (χ0) is 15.6. The van der Waals surface area contributed by atoms with Gasteiger partial charge in [-0.3, -0.25) is 5.41 Å². The zero-order valence-corrected chi connectivity index (χ0v) is 12.8. The first-order valence-electron chi connectivity index (χ1n) is 6.71. The molecule has 0 atom stereocenters. The highest BCUT2D eigenvalue weighted by Crippen LogP contribution is 2.34. The number of ether oxygens (including phenoxy) is 2. The maximum atomic E-state index is 7.68.